The van der Waals surface area contributed by atoms with Crippen molar-refractivity contribution in [3.63, 3.8) is 0 Å². The normalized spacial score (nSPS) is 12.5. The summed E-state index contributed by atoms with van der Waals surface area (Å²) in [6.45, 7) is 1.93. The van der Waals surface area contributed by atoms with E-state index in [0.717, 1.165) is 16.8 Å². The van der Waals surface area contributed by atoms with Gasteiger partial charge in [-0.25, -0.2) is 0 Å². The maximum Gasteiger partial charge on any atom is 0.0582 e. The van der Waals surface area contributed by atoms with Crippen molar-refractivity contribution < 1.29 is 0 Å². The maximum absolute atomic E-state index is 6.15. The van der Waals surface area contributed by atoms with Crippen LogP contribution in [-0.2, 0) is 0 Å². The molecular weight excluding hydrogens is 255 g/mol. The fourth-order valence-corrected chi connectivity index (χ4v) is 2.01. The zero-order valence-electron chi connectivity index (χ0n) is 9.32. The van der Waals surface area contributed by atoms with E-state index in [2.05, 4.69) is 4.98 Å². The number of nitrogens with zero attached hydrogens (tertiary/aromatic N) is 1. The van der Waals surface area contributed by atoms with Gasteiger partial charge >= 0.3 is 0 Å². The average molecular weight is 267 g/mol. The Morgan fingerprint density at radius 1 is 1.18 bits per heavy atom. The van der Waals surface area contributed by atoms with Crippen molar-refractivity contribution in [1.29, 1.82) is 0 Å². The lowest BCUT2D eigenvalue weighted by Gasteiger charge is -2.14. The molecule has 0 aliphatic heterocycles. The highest BCUT2D eigenvalue weighted by atomic mass is 35.5. The maximum atomic E-state index is 6.15. The molecule has 1 heterocycles. The third kappa shape index (κ3) is 2.78. The second-order valence-electron chi connectivity index (χ2n) is 3.88. The molecule has 0 fully saturated rings. The molecule has 2 aromatic rings. The predicted octanol–water partition coefficient (Wildman–Crippen LogP) is 3.74. The number of rotatable bonds is 2. The number of nitrogens with two attached hydrogens (primary N) is 1. The Morgan fingerprint density at radius 2 is 1.94 bits per heavy atom. The van der Waals surface area contributed by atoms with Crippen molar-refractivity contribution in [2.45, 2.75) is 13.0 Å². The molecule has 0 bridgehead atoms. The second kappa shape index (κ2) is 5.05. The van der Waals surface area contributed by atoms with Gasteiger partial charge in [0, 0.05) is 21.9 Å². The Labute approximate surface area is 110 Å². The summed E-state index contributed by atoms with van der Waals surface area (Å²) in [5, 5.41) is 1.24. The fourth-order valence-electron chi connectivity index (χ4n) is 1.60. The summed E-state index contributed by atoms with van der Waals surface area (Å²) >= 11 is 12.1. The molecule has 0 amide bonds. The van der Waals surface area contributed by atoms with Crippen molar-refractivity contribution in [3.05, 3.63) is 63.4 Å². The molecule has 0 saturated carbocycles. The number of hydrogen-bond acceptors (Lipinski definition) is 2. The molecule has 88 valence electrons. The lowest BCUT2D eigenvalue weighted by Crippen LogP contribution is -2.12. The number of aryl methyl sites for hydroxylation is 1. The van der Waals surface area contributed by atoms with Gasteiger partial charge in [-0.1, -0.05) is 29.3 Å². The minimum atomic E-state index is -0.311. The molecule has 2 N–H and O–H groups in total. The quantitative estimate of drug-likeness (QED) is 0.900. The molecule has 0 aliphatic carbocycles. The summed E-state index contributed by atoms with van der Waals surface area (Å²) < 4.78 is 0. The number of benzene rings is 1. The molecule has 0 saturated heterocycles. The van der Waals surface area contributed by atoms with Gasteiger partial charge in [0.2, 0.25) is 0 Å². The van der Waals surface area contributed by atoms with Crippen LogP contribution in [0.4, 0.5) is 0 Å². The summed E-state index contributed by atoms with van der Waals surface area (Å²) in [5.74, 6) is 0. The fraction of sp³-hybridized carbons (Fsp3) is 0.154. The van der Waals surface area contributed by atoms with E-state index in [0.29, 0.717) is 10.0 Å². The first kappa shape index (κ1) is 12.4. The Kier molecular flexibility index (Phi) is 3.67. The summed E-state index contributed by atoms with van der Waals surface area (Å²) in [7, 11) is 0. The van der Waals surface area contributed by atoms with Crippen LogP contribution in [0.2, 0.25) is 10.0 Å². The number of pyridine rings is 1. The molecule has 0 spiro atoms. The predicted molar refractivity (Wildman–Crippen MR) is 71.5 cm³/mol. The minimum absolute atomic E-state index is 0.311. The molecular formula is C13H12Cl2N2. The molecule has 1 atom stereocenters. The number of aromatic nitrogens is 1. The van der Waals surface area contributed by atoms with Crippen LogP contribution in [0.5, 0.6) is 0 Å². The van der Waals surface area contributed by atoms with Crippen LogP contribution in [0, 0.1) is 6.92 Å². The summed E-state index contributed by atoms with van der Waals surface area (Å²) in [6, 6.07) is 8.84. The third-order valence-corrected chi connectivity index (χ3v) is 3.17. The molecule has 17 heavy (non-hydrogen) atoms. The average Bonchev–Trinajstić information content (AvgIpc) is 2.32. The Hall–Kier alpha value is -1.09. The van der Waals surface area contributed by atoms with E-state index < -0.39 is 0 Å². The van der Waals surface area contributed by atoms with E-state index in [1.807, 2.05) is 19.1 Å². The van der Waals surface area contributed by atoms with Gasteiger partial charge in [0.05, 0.1) is 6.04 Å². The van der Waals surface area contributed by atoms with Gasteiger partial charge in [0.25, 0.3) is 0 Å². The van der Waals surface area contributed by atoms with Crippen LogP contribution in [0.3, 0.4) is 0 Å². The Morgan fingerprint density at radius 3 is 2.59 bits per heavy atom. The summed E-state index contributed by atoms with van der Waals surface area (Å²) in [4.78, 5) is 4.22. The van der Waals surface area contributed by atoms with Crippen LogP contribution >= 0.6 is 23.2 Å². The second-order valence-corrected chi connectivity index (χ2v) is 4.72. The van der Waals surface area contributed by atoms with Crippen LogP contribution in [-0.4, -0.2) is 4.98 Å². The largest absolute Gasteiger partial charge is 0.320 e. The molecule has 0 aliphatic rings. The smallest absolute Gasteiger partial charge is 0.0582 e. The van der Waals surface area contributed by atoms with E-state index >= 15 is 0 Å². The van der Waals surface area contributed by atoms with E-state index in [-0.39, 0.29) is 6.04 Å². The topological polar surface area (TPSA) is 38.9 Å². The molecule has 0 radical (unpaired) electrons. The van der Waals surface area contributed by atoms with Crippen molar-refractivity contribution in [2.75, 3.05) is 0 Å². The van der Waals surface area contributed by atoms with Gasteiger partial charge in [-0.15, -0.1) is 0 Å². The van der Waals surface area contributed by atoms with E-state index in [1.165, 1.54) is 0 Å². The molecule has 1 unspecified atom stereocenters. The number of halogens is 2. The SMILES string of the molecule is Cc1ccc(C(N)c2cc(Cl)ccc2Cl)cn1. The van der Waals surface area contributed by atoms with Crippen LogP contribution in [0.25, 0.3) is 0 Å². The first-order valence-electron chi connectivity index (χ1n) is 5.21. The molecule has 1 aromatic heterocycles. The van der Waals surface area contributed by atoms with Gasteiger partial charge in [-0.2, -0.15) is 0 Å². The first-order valence-corrected chi connectivity index (χ1v) is 5.96. The van der Waals surface area contributed by atoms with Crippen molar-refractivity contribution in [3.8, 4) is 0 Å². The van der Waals surface area contributed by atoms with Gasteiger partial charge in [0.1, 0.15) is 0 Å². The van der Waals surface area contributed by atoms with E-state index in [4.69, 9.17) is 28.9 Å². The highest BCUT2D eigenvalue weighted by Crippen LogP contribution is 2.28. The zero-order valence-corrected chi connectivity index (χ0v) is 10.8. The molecule has 1 aromatic carbocycles. The highest BCUT2D eigenvalue weighted by molar-refractivity contribution is 6.33. The minimum Gasteiger partial charge on any atom is -0.320 e. The molecule has 4 heteroatoms. The monoisotopic (exact) mass is 266 g/mol. The van der Waals surface area contributed by atoms with Crippen molar-refractivity contribution >= 4 is 23.2 Å². The number of hydrogen-bond donors (Lipinski definition) is 1. The first-order chi connectivity index (χ1) is 8.08. The van der Waals surface area contributed by atoms with Gasteiger partial charge in [0.15, 0.2) is 0 Å². The molecule has 2 nitrogen and oxygen atoms in total. The summed E-state index contributed by atoms with van der Waals surface area (Å²) in [5.41, 5.74) is 8.84. The standard InChI is InChI=1S/C13H12Cl2N2/c1-8-2-3-9(7-17-8)13(16)11-6-10(14)4-5-12(11)15/h2-7,13H,16H2,1H3. The van der Waals surface area contributed by atoms with Crippen molar-refractivity contribution in [2.24, 2.45) is 5.73 Å². The molecule has 2 rings (SSSR count). The Bertz CT molecular complexity index is 523. The van der Waals surface area contributed by atoms with Crippen LogP contribution < -0.4 is 5.73 Å². The summed E-state index contributed by atoms with van der Waals surface area (Å²) in [6.07, 6.45) is 1.76. The highest BCUT2D eigenvalue weighted by Gasteiger charge is 2.13. The van der Waals surface area contributed by atoms with E-state index in [1.54, 1.807) is 24.4 Å². The van der Waals surface area contributed by atoms with Gasteiger partial charge in [-0.05, 0) is 42.3 Å². The lowest BCUT2D eigenvalue weighted by atomic mass is 10.0. The van der Waals surface area contributed by atoms with Gasteiger partial charge < -0.3 is 5.73 Å². The van der Waals surface area contributed by atoms with Crippen LogP contribution in [0.1, 0.15) is 22.9 Å². The zero-order chi connectivity index (χ0) is 12.4. The Balaban J connectivity index is 2.39. The van der Waals surface area contributed by atoms with Crippen molar-refractivity contribution in [1.82, 2.24) is 4.98 Å². The lowest BCUT2D eigenvalue weighted by molar-refractivity contribution is 0.861. The third-order valence-electron chi connectivity index (χ3n) is 2.59. The van der Waals surface area contributed by atoms with Gasteiger partial charge in [-0.3, -0.25) is 4.98 Å². The van der Waals surface area contributed by atoms with Crippen LogP contribution in [0.15, 0.2) is 36.5 Å². The van der Waals surface area contributed by atoms with E-state index in [9.17, 15) is 0 Å².